The van der Waals surface area contributed by atoms with Gasteiger partial charge in [-0.25, -0.2) is 4.98 Å². The molecule has 1 heterocycles. The number of hydrogen-bond acceptors (Lipinski definition) is 4. The van der Waals surface area contributed by atoms with E-state index in [1.165, 1.54) is 12.8 Å². The second-order valence-corrected chi connectivity index (χ2v) is 3.93. The summed E-state index contributed by atoms with van der Waals surface area (Å²) in [6, 6.07) is 5.77. The van der Waals surface area contributed by atoms with Gasteiger partial charge in [0.1, 0.15) is 11.8 Å². The summed E-state index contributed by atoms with van der Waals surface area (Å²) < 4.78 is 0. The molecule has 1 atom stereocenters. The van der Waals surface area contributed by atoms with E-state index in [0.717, 1.165) is 12.2 Å². The zero-order valence-electron chi connectivity index (χ0n) is 8.48. The van der Waals surface area contributed by atoms with E-state index in [-0.39, 0.29) is 6.04 Å². The number of aromatic nitrogens is 1. The maximum Gasteiger partial charge on any atom is 0.140 e. The predicted octanol–water partition coefficient (Wildman–Crippen LogP) is 1.10. The number of rotatable bonds is 4. The number of nitrogens with one attached hydrogen (secondary N) is 1. The summed E-state index contributed by atoms with van der Waals surface area (Å²) in [5.41, 5.74) is 7.31. The molecule has 0 bridgehead atoms. The smallest absolute Gasteiger partial charge is 0.140 e. The number of nitrogens with two attached hydrogens (primary N) is 1. The Kier molecular flexibility index (Phi) is 2.84. The zero-order valence-corrected chi connectivity index (χ0v) is 8.48. The maximum atomic E-state index is 8.57. The molecule has 78 valence electrons. The molecule has 0 spiro atoms. The summed E-state index contributed by atoms with van der Waals surface area (Å²) in [5.74, 6) is 0.698. The SMILES string of the molecule is N#Cc1ccc(NCC(N)C2CC2)cn1. The molecular formula is C11H14N4. The van der Waals surface area contributed by atoms with E-state index in [9.17, 15) is 0 Å². The van der Waals surface area contributed by atoms with Crippen molar-refractivity contribution in [3.8, 4) is 6.07 Å². The Bertz CT molecular complexity index is 361. The Morgan fingerprint density at radius 3 is 2.93 bits per heavy atom. The lowest BCUT2D eigenvalue weighted by Crippen LogP contribution is -2.31. The minimum atomic E-state index is 0.237. The van der Waals surface area contributed by atoms with Gasteiger partial charge < -0.3 is 11.1 Å². The molecular weight excluding hydrogens is 188 g/mol. The Labute approximate surface area is 89.1 Å². The molecule has 1 unspecified atom stereocenters. The second-order valence-electron chi connectivity index (χ2n) is 3.93. The van der Waals surface area contributed by atoms with Crippen LogP contribution < -0.4 is 11.1 Å². The van der Waals surface area contributed by atoms with Crippen LogP contribution >= 0.6 is 0 Å². The van der Waals surface area contributed by atoms with Crippen molar-refractivity contribution in [3.05, 3.63) is 24.0 Å². The predicted molar refractivity (Wildman–Crippen MR) is 58.1 cm³/mol. The largest absolute Gasteiger partial charge is 0.382 e. The molecule has 1 aromatic rings. The van der Waals surface area contributed by atoms with Gasteiger partial charge in [0.2, 0.25) is 0 Å². The highest BCUT2D eigenvalue weighted by Crippen LogP contribution is 2.31. The minimum absolute atomic E-state index is 0.237. The number of pyridine rings is 1. The average Bonchev–Trinajstić information content (AvgIpc) is 3.10. The second kappa shape index (κ2) is 4.28. The van der Waals surface area contributed by atoms with Crippen LogP contribution in [0, 0.1) is 17.2 Å². The third kappa shape index (κ3) is 2.67. The van der Waals surface area contributed by atoms with Crippen LogP contribution in [0.3, 0.4) is 0 Å². The van der Waals surface area contributed by atoms with Gasteiger partial charge in [0.25, 0.3) is 0 Å². The van der Waals surface area contributed by atoms with E-state index in [4.69, 9.17) is 11.0 Å². The molecule has 0 saturated heterocycles. The Morgan fingerprint density at radius 1 is 1.60 bits per heavy atom. The quantitative estimate of drug-likeness (QED) is 0.766. The average molecular weight is 202 g/mol. The number of nitrogens with zero attached hydrogens (tertiary/aromatic N) is 2. The third-order valence-corrected chi connectivity index (χ3v) is 2.65. The van der Waals surface area contributed by atoms with Crippen LogP contribution in [0.25, 0.3) is 0 Å². The fourth-order valence-corrected chi connectivity index (χ4v) is 1.49. The topological polar surface area (TPSA) is 74.7 Å². The van der Waals surface area contributed by atoms with Crippen LogP contribution in [0.5, 0.6) is 0 Å². The zero-order chi connectivity index (χ0) is 10.7. The molecule has 0 radical (unpaired) electrons. The lowest BCUT2D eigenvalue weighted by atomic mass is 10.2. The first-order chi connectivity index (χ1) is 7.29. The van der Waals surface area contributed by atoms with Crippen molar-refractivity contribution in [1.29, 1.82) is 5.26 Å². The van der Waals surface area contributed by atoms with Crippen molar-refractivity contribution >= 4 is 5.69 Å². The van der Waals surface area contributed by atoms with Gasteiger partial charge in [-0.3, -0.25) is 0 Å². The highest BCUT2D eigenvalue weighted by molar-refractivity contribution is 5.42. The van der Waals surface area contributed by atoms with Gasteiger partial charge in [-0.1, -0.05) is 0 Å². The van der Waals surface area contributed by atoms with Crippen molar-refractivity contribution in [1.82, 2.24) is 4.98 Å². The highest BCUT2D eigenvalue weighted by atomic mass is 14.9. The summed E-state index contributed by atoms with van der Waals surface area (Å²) in [7, 11) is 0. The van der Waals surface area contributed by atoms with Crippen LogP contribution in [0.4, 0.5) is 5.69 Å². The van der Waals surface area contributed by atoms with Crippen LogP contribution in [-0.4, -0.2) is 17.6 Å². The van der Waals surface area contributed by atoms with Crippen LogP contribution in [0.15, 0.2) is 18.3 Å². The normalized spacial score (nSPS) is 16.8. The van der Waals surface area contributed by atoms with E-state index in [2.05, 4.69) is 10.3 Å². The summed E-state index contributed by atoms with van der Waals surface area (Å²) in [5, 5.41) is 11.8. The lowest BCUT2D eigenvalue weighted by molar-refractivity contribution is 0.621. The van der Waals surface area contributed by atoms with Crippen molar-refractivity contribution in [2.24, 2.45) is 11.7 Å². The lowest BCUT2D eigenvalue weighted by Gasteiger charge is -2.12. The van der Waals surface area contributed by atoms with Crippen LogP contribution in [0.2, 0.25) is 0 Å². The Balaban J connectivity index is 1.85. The molecule has 1 fully saturated rings. The van der Waals surface area contributed by atoms with Gasteiger partial charge >= 0.3 is 0 Å². The molecule has 0 aromatic carbocycles. The van der Waals surface area contributed by atoms with E-state index < -0.39 is 0 Å². The first kappa shape index (κ1) is 9.94. The van der Waals surface area contributed by atoms with Crippen molar-refractivity contribution in [2.75, 3.05) is 11.9 Å². The molecule has 4 heteroatoms. The van der Waals surface area contributed by atoms with E-state index in [0.29, 0.717) is 11.6 Å². The molecule has 0 amide bonds. The Morgan fingerprint density at radius 2 is 2.40 bits per heavy atom. The summed E-state index contributed by atoms with van der Waals surface area (Å²) >= 11 is 0. The molecule has 1 aromatic heterocycles. The molecule has 1 aliphatic carbocycles. The third-order valence-electron chi connectivity index (χ3n) is 2.65. The monoisotopic (exact) mass is 202 g/mol. The van der Waals surface area contributed by atoms with Gasteiger partial charge in [0.05, 0.1) is 11.9 Å². The van der Waals surface area contributed by atoms with Gasteiger partial charge in [-0.2, -0.15) is 5.26 Å². The first-order valence-corrected chi connectivity index (χ1v) is 5.15. The van der Waals surface area contributed by atoms with E-state index in [1.807, 2.05) is 12.1 Å². The summed E-state index contributed by atoms with van der Waals surface area (Å²) in [6.07, 6.45) is 4.18. The first-order valence-electron chi connectivity index (χ1n) is 5.15. The van der Waals surface area contributed by atoms with Gasteiger partial charge in [0.15, 0.2) is 0 Å². The fourth-order valence-electron chi connectivity index (χ4n) is 1.49. The standard InChI is InChI=1S/C11H14N4/c12-5-9-3-4-10(6-14-9)15-7-11(13)8-1-2-8/h3-4,6,8,11,15H,1-2,7,13H2. The fraction of sp³-hybridized carbons (Fsp3) is 0.455. The van der Waals surface area contributed by atoms with E-state index in [1.54, 1.807) is 12.3 Å². The van der Waals surface area contributed by atoms with Gasteiger partial charge in [0, 0.05) is 12.6 Å². The van der Waals surface area contributed by atoms with E-state index >= 15 is 0 Å². The van der Waals surface area contributed by atoms with Crippen molar-refractivity contribution < 1.29 is 0 Å². The van der Waals surface area contributed by atoms with Crippen molar-refractivity contribution in [3.63, 3.8) is 0 Å². The van der Waals surface area contributed by atoms with Crippen LogP contribution in [-0.2, 0) is 0 Å². The number of hydrogen-bond donors (Lipinski definition) is 2. The maximum absolute atomic E-state index is 8.57. The van der Waals surface area contributed by atoms with Crippen molar-refractivity contribution in [2.45, 2.75) is 18.9 Å². The molecule has 3 N–H and O–H groups in total. The van der Waals surface area contributed by atoms with Crippen LogP contribution in [0.1, 0.15) is 18.5 Å². The molecule has 15 heavy (non-hydrogen) atoms. The highest BCUT2D eigenvalue weighted by Gasteiger charge is 2.27. The summed E-state index contributed by atoms with van der Waals surface area (Å²) in [4.78, 5) is 3.97. The summed E-state index contributed by atoms with van der Waals surface area (Å²) in [6.45, 7) is 0.776. The van der Waals surface area contributed by atoms with Gasteiger partial charge in [-0.15, -0.1) is 0 Å². The molecule has 2 rings (SSSR count). The molecule has 4 nitrogen and oxygen atoms in total. The number of anilines is 1. The Hall–Kier alpha value is -1.60. The minimum Gasteiger partial charge on any atom is -0.382 e. The van der Waals surface area contributed by atoms with Gasteiger partial charge in [-0.05, 0) is 30.9 Å². The number of nitriles is 1. The molecule has 1 aliphatic rings. The molecule has 1 saturated carbocycles. The molecule has 0 aliphatic heterocycles.